The lowest BCUT2D eigenvalue weighted by molar-refractivity contribution is 0.496. The molecule has 1 heterocycles. The van der Waals surface area contributed by atoms with E-state index in [2.05, 4.69) is 6.08 Å². The number of fused-ring (bicyclic) bond motifs is 1. The average molecular weight is 188 g/mol. The molecule has 0 N–H and O–H groups in total. The van der Waals surface area contributed by atoms with E-state index in [1.165, 1.54) is 0 Å². The van der Waals surface area contributed by atoms with Crippen molar-refractivity contribution < 1.29 is 9.31 Å². The van der Waals surface area contributed by atoms with E-state index in [1.54, 1.807) is 0 Å². The average Bonchev–Trinajstić information content (AvgIpc) is 2.60. The molecule has 2 nitrogen and oxygen atoms in total. The summed E-state index contributed by atoms with van der Waals surface area (Å²) in [5.41, 5.74) is 0. The van der Waals surface area contributed by atoms with Crippen LogP contribution in [0, 0.1) is 0 Å². The van der Waals surface area contributed by atoms with Crippen molar-refractivity contribution in [1.29, 1.82) is 0 Å². The van der Waals surface area contributed by atoms with E-state index in [1.807, 2.05) is 37.3 Å². The molecule has 0 saturated heterocycles. The number of hydrogen-bond donors (Lipinski definition) is 0. The molecule has 0 radical (unpaired) electrons. The largest absolute Gasteiger partial charge is 0.595 e. The van der Waals surface area contributed by atoms with E-state index < -0.39 is 0 Å². The molecule has 0 aliphatic carbocycles. The highest BCUT2D eigenvalue weighted by Gasteiger charge is 2.30. The summed E-state index contributed by atoms with van der Waals surface area (Å²) in [5, 5.41) is 0. The van der Waals surface area contributed by atoms with Gasteiger partial charge in [-0.25, -0.2) is 0 Å². The Balaban J connectivity index is 1.92. The van der Waals surface area contributed by atoms with Crippen molar-refractivity contribution in [2.24, 2.45) is 0 Å². The predicted molar refractivity (Wildman–Crippen MR) is 57.7 cm³/mol. The standard InChI is InChI=1S/C11H13BO2/c1-2-3-6-9-12-13-10-7-4-5-8-11(10)14-12/h2-5,7-8H,6,9H2,1H3/b3-2+. The molecule has 0 spiro atoms. The van der Waals surface area contributed by atoms with Crippen LogP contribution < -0.4 is 9.31 Å². The van der Waals surface area contributed by atoms with Crippen molar-refractivity contribution >= 4 is 7.12 Å². The van der Waals surface area contributed by atoms with Crippen molar-refractivity contribution in [1.82, 2.24) is 0 Å². The lowest BCUT2D eigenvalue weighted by Gasteiger charge is -2.01. The van der Waals surface area contributed by atoms with Gasteiger partial charge in [0.15, 0.2) is 0 Å². The van der Waals surface area contributed by atoms with Crippen LogP contribution >= 0.6 is 0 Å². The summed E-state index contributed by atoms with van der Waals surface area (Å²) in [6.07, 6.45) is 6.06. The van der Waals surface area contributed by atoms with Gasteiger partial charge < -0.3 is 9.31 Å². The molecule has 2 rings (SSSR count). The van der Waals surface area contributed by atoms with Gasteiger partial charge in [-0.3, -0.25) is 0 Å². The van der Waals surface area contributed by atoms with Gasteiger partial charge in [0.25, 0.3) is 0 Å². The SMILES string of the molecule is C/C=C/CCB1Oc2ccccc2O1. The van der Waals surface area contributed by atoms with Gasteiger partial charge in [-0.05, 0) is 25.5 Å². The topological polar surface area (TPSA) is 18.5 Å². The zero-order chi connectivity index (χ0) is 9.80. The Kier molecular flexibility index (Phi) is 2.77. The monoisotopic (exact) mass is 188 g/mol. The van der Waals surface area contributed by atoms with Gasteiger partial charge in [0, 0.05) is 6.32 Å². The first-order chi connectivity index (χ1) is 6.90. The number of hydrogen-bond acceptors (Lipinski definition) is 2. The summed E-state index contributed by atoms with van der Waals surface area (Å²) in [5.74, 6) is 1.72. The van der Waals surface area contributed by atoms with E-state index in [-0.39, 0.29) is 7.12 Å². The Morgan fingerprint density at radius 3 is 2.43 bits per heavy atom. The number of rotatable bonds is 3. The zero-order valence-corrected chi connectivity index (χ0v) is 8.27. The van der Waals surface area contributed by atoms with E-state index >= 15 is 0 Å². The Bertz CT molecular complexity index is 311. The maximum atomic E-state index is 5.60. The predicted octanol–water partition coefficient (Wildman–Crippen LogP) is 2.91. The van der Waals surface area contributed by atoms with Crippen LogP contribution in [-0.2, 0) is 0 Å². The van der Waals surface area contributed by atoms with Crippen molar-refractivity contribution in [2.45, 2.75) is 19.7 Å². The number of benzene rings is 1. The molecule has 0 atom stereocenters. The van der Waals surface area contributed by atoms with Crippen LogP contribution in [0.4, 0.5) is 0 Å². The molecular weight excluding hydrogens is 175 g/mol. The maximum Gasteiger partial charge on any atom is 0.595 e. The molecule has 0 aromatic heterocycles. The first kappa shape index (κ1) is 9.19. The van der Waals surface area contributed by atoms with Crippen LogP contribution in [-0.4, -0.2) is 7.12 Å². The van der Waals surface area contributed by atoms with E-state index in [0.29, 0.717) is 0 Å². The molecule has 0 amide bonds. The fourth-order valence-corrected chi connectivity index (χ4v) is 1.47. The molecule has 0 unspecified atom stereocenters. The molecule has 1 aromatic carbocycles. The van der Waals surface area contributed by atoms with Crippen molar-refractivity contribution in [3.8, 4) is 11.5 Å². The summed E-state index contributed by atoms with van der Waals surface area (Å²) in [7, 11) is -0.108. The number of para-hydroxylation sites is 2. The van der Waals surface area contributed by atoms with Gasteiger partial charge in [0.05, 0.1) is 0 Å². The Morgan fingerprint density at radius 1 is 1.21 bits per heavy atom. The summed E-state index contributed by atoms with van der Waals surface area (Å²) in [6, 6.07) is 7.78. The third-order valence-electron chi connectivity index (χ3n) is 2.17. The second-order valence-corrected chi connectivity index (χ2v) is 3.26. The fourth-order valence-electron chi connectivity index (χ4n) is 1.47. The highest BCUT2D eigenvalue weighted by atomic mass is 16.6. The number of allylic oxidation sites excluding steroid dienone is 2. The van der Waals surface area contributed by atoms with Crippen molar-refractivity contribution in [3.05, 3.63) is 36.4 Å². The Morgan fingerprint density at radius 2 is 1.86 bits per heavy atom. The first-order valence-electron chi connectivity index (χ1n) is 4.93. The highest BCUT2D eigenvalue weighted by Crippen LogP contribution is 2.33. The van der Waals surface area contributed by atoms with E-state index in [0.717, 1.165) is 24.2 Å². The summed E-state index contributed by atoms with van der Waals surface area (Å²) in [4.78, 5) is 0. The van der Waals surface area contributed by atoms with Gasteiger partial charge in [0.1, 0.15) is 11.5 Å². The maximum absolute atomic E-state index is 5.60. The van der Waals surface area contributed by atoms with Crippen LogP contribution in [0.1, 0.15) is 13.3 Å². The second kappa shape index (κ2) is 4.22. The van der Waals surface area contributed by atoms with Gasteiger partial charge in [-0.1, -0.05) is 24.3 Å². The lowest BCUT2D eigenvalue weighted by Crippen LogP contribution is -2.23. The van der Waals surface area contributed by atoms with Gasteiger partial charge >= 0.3 is 7.12 Å². The molecule has 0 fully saturated rings. The van der Waals surface area contributed by atoms with Gasteiger partial charge in [-0.2, -0.15) is 0 Å². The highest BCUT2D eigenvalue weighted by molar-refractivity contribution is 6.47. The Labute approximate surface area is 84.7 Å². The van der Waals surface area contributed by atoms with Crippen LogP contribution in [0.2, 0.25) is 6.32 Å². The van der Waals surface area contributed by atoms with Crippen molar-refractivity contribution in [2.75, 3.05) is 0 Å². The third-order valence-corrected chi connectivity index (χ3v) is 2.17. The van der Waals surface area contributed by atoms with Crippen LogP contribution in [0.5, 0.6) is 11.5 Å². The molecule has 72 valence electrons. The molecule has 1 aliphatic heterocycles. The first-order valence-corrected chi connectivity index (χ1v) is 4.93. The zero-order valence-electron chi connectivity index (χ0n) is 8.27. The molecule has 0 saturated carbocycles. The third kappa shape index (κ3) is 1.92. The van der Waals surface area contributed by atoms with Crippen molar-refractivity contribution in [3.63, 3.8) is 0 Å². The molecular formula is C11H13BO2. The summed E-state index contributed by atoms with van der Waals surface area (Å²) < 4.78 is 11.2. The summed E-state index contributed by atoms with van der Waals surface area (Å²) >= 11 is 0. The van der Waals surface area contributed by atoms with Crippen LogP contribution in [0.25, 0.3) is 0 Å². The second-order valence-electron chi connectivity index (χ2n) is 3.26. The minimum absolute atomic E-state index is 0.108. The minimum Gasteiger partial charge on any atom is -0.523 e. The van der Waals surface area contributed by atoms with Crippen LogP contribution in [0.3, 0.4) is 0 Å². The molecule has 0 bridgehead atoms. The van der Waals surface area contributed by atoms with Gasteiger partial charge in [-0.15, -0.1) is 0 Å². The molecule has 14 heavy (non-hydrogen) atoms. The van der Waals surface area contributed by atoms with Gasteiger partial charge in [0.2, 0.25) is 0 Å². The fraction of sp³-hybridized carbons (Fsp3) is 0.273. The summed E-state index contributed by atoms with van der Waals surface area (Å²) in [6.45, 7) is 2.02. The minimum atomic E-state index is -0.108. The normalized spacial score (nSPS) is 13.9. The molecule has 1 aliphatic rings. The smallest absolute Gasteiger partial charge is 0.523 e. The molecule has 1 aromatic rings. The lowest BCUT2D eigenvalue weighted by atomic mass is 9.83. The van der Waals surface area contributed by atoms with E-state index in [4.69, 9.17) is 9.31 Å². The van der Waals surface area contributed by atoms with Crippen LogP contribution in [0.15, 0.2) is 36.4 Å². The quantitative estimate of drug-likeness (QED) is 0.536. The van der Waals surface area contributed by atoms with E-state index in [9.17, 15) is 0 Å². The molecule has 3 heteroatoms. The Hall–Kier alpha value is -1.38.